The Morgan fingerprint density at radius 1 is 1.16 bits per heavy atom. The molecular weight excluding hydrogens is 635 g/mol. The number of carbonyl (C=O) groups excluding carboxylic acids is 2. The van der Waals surface area contributed by atoms with Crippen molar-refractivity contribution < 1.29 is 33.4 Å². The minimum Gasteiger partial charge on any atom is -0.493 e. The number of ketones is 1. The van der Waals surface area contributed by atoms with Crippen LogP contribution in [0.3, 0.4) is 0 Å². The van der Waals surface area contributed by atoms with E-state index in [2.05, 4.69) is 5.32 Å². The maximum absolute atomic E-state index is 14.3. The zero-order chi connectivity index (χ0) is 31.5. The molecule has 1 saturated heterocycles. The van der Waals surface area contributed by atoms with Crippen molar-refractivity contribution >= 4 is 46.2 Å². The van der Waals surface area contributed by atoms with Gasteiger partial charge in [0.05, 0.1) is 31.0 Å². The van der Waals surface area contributed by atoms with Gasteiger partial charge < -0.3 is 29.7 Å². The lowest BCUT2D eigenvalue weighted by molar-refractivity contribution is -0.137. The Hall–Kier alpha value is -3.67. The number of fused-ring (bicyclic) bond motifs is 1. The van der Waals surface area contributed by atoms with Crippen LogP contribution in [0, 0.1) is 5.41 Å². The number of carboxylic acid groups (broad SMARTS) is 1. The van der Waals surface area contributed by atoms with Crippen LogP contribution in [0.15, 0.2) is 24.3 Å². The summed E-state index contributed by atoms with van der Waals surface area (Å²) in [5.41, 5.74) is 3.05. The normalized spacial score (nSPS) is 16.0. The van der Waals surface area contributed by atoms with E-state index in [1.165, 1.54) is 7.05 Å². The van der Waals surface area contributed by atoms with Crippen molar-refractivity contribution in [2.24, 2.45) is 0 Å². The van der Waals surface area contributed by atoms with Crippen LogP contribution in [0.5, 0.6) is 11.5 Å². The van der Waals surface area contributed by atoms with Gasteiger partial charge in [-0.15, -0.1) is 17.0 Å². The van der Waals surface area contributed by atoms with Gasteiger partial charge >= 0.3 is 5.97 Å². The van der Waals surface area contributed by atoms with Gasteiger partial charge in [0.15, 0.2) is 5.78 Å². The molecule has 0 radical (unpaired) electrons. The SMILES string of the molecule is Br.CCOc1cc2c(cc1C(=O)NC)C(=N)N(CC(=O)c1cc(N3CCC(F)C3)c(OCCCC(=O)O)c(C(C)(C)C)c1)C2. The number of hydrogen-bond donors (Lipinski definition) is 3. The smallest absolute Gasteiger partial charge is 0.303 e. The first-order chi connectivity index (χ1) is 20.3. The number of ether oxygens (including phenoxy) is 2. The number of amidine groups is 1. The van der Waals surface area contributed by atoms with Crippen LogP contribution in [0.4, 0.5) is 10.1 Å². The predicted molar refractivity (Wildman–Crippen MR) is 172 cm³/mol. The lowest BCUT2D eigenvalue weighted by Gasteiger charge is -2.29. The maximum atomic E-state index is 14.3. The number of benzene rings is 2. The molecule has 0 aromatic heterocycles. The van der Waals surface area contributed by atoms with Crippen molar-refractivity contribution in [3.8, 4) is 11.5 Å². The summed E-state index contributed by atoms with van der Waals surface area (Å²) in [5, 5.41) is 20.4. The second kappa shape index (κ2) is 14.4. The largest absolute Gasteiger partial charge is 0.493 e. The van der Waals surface area contributed by atoms with E-state index in [-0.39, 0.29) is 60.6 Å². The molecular formula is C32H42BrFN4O6. The Morgan fingerprint density at radius 2 is 1.89 bits per heavy atom. The summed E-state index contributed by atoms with van der Waals surface area (Å²) in [5.74, 6) is -0.333. The highest BCUT2D eigenvalue weighted by molar-refractivity contribution is 8.93. The number of halogens is 2. The average molecular weight is 678 g/mol. The summed E-state index contributed by atoms with van der Waals surface area (Å²) in [6.45, 7) is 9.26. The van der Waals surface area contributed by atoms with Gasteiger partial charge in [-0.1, -0.05) is 20.8 Å². The molecule has 3 N–H and O–H groups in total. The van der Waals surface area contributed by atoms with Crippen LogP contribution in [0.1, 0.15) is 84.4 Å². The average Bonchev–Trinajstić information content (AvgIpc) is 3.51. The maximum Gasteiger partial charge on any atom is 0.303 e. The van der Waals surface area contributed by atoms with Crippen molar-refractivity contribution in [1.29, 1.82) is 5.41 Å². The fourth-order valence-electron chi connectivity index (χ4n) is 5.47. The molecule has 1 amide bonds. The molecule has 4 rings (SSSR count). The molecule has 2 aromatic rings. The topological polar surface area (TPSA) is 132 Å². The van der Waals surface area contributed by atoms with Gasteiger partial charge in [0, 0.05) is 49.8 Å². The van der Waals surface area contributed by atoms with Crippen molar-refractivity contribution in [2.45, 2.75) is 65.1 Å². The fourth-order valence-corrected chi connectivity index (χ4v) is 5.47. The van der Waals surface area contributed by atoms with Gasteiger partial charge in [0.2, 0.25) is 0 Å². The minimum atomic E-state index is -0.998. The van der Waals surface area contributed by atoms with Crippen molar-refractivity contribution in [3.05, 3.63) is 52.1 Å². The number of alkyl halides is 1. The van der Waals surface area contributed by atoms with Gasteiger partial charge in [-0.3, -0.25) is 19.8 Å². The monoisotopic (exact) mass is 676 g/mol. The molecule has 2 heterocycles. The molecule has 1 unspecified atom stereocenters. The van der Waals surface area contributed by atoms with Crippen LogP contribution >= 0.6 is 17.0 Å². The summed E-state index contributed by atoms with van der Waals surface area (Å²) >= 11 is 0. The predicted octanol–water partition coefficient (Wildman–Crippen LogP) is 5.14. The van der Waals surface area contributed by atoms with Gasteiger partial charge in [-0.05, 0) is 55.0 Å². The molecule has 0 bridgehead atoms. The third-order valence-corrected chi connectivity index (χ3v) is 7.70. The molecule has 240 valence electrons. The second-order valence-electron chi connectivity index (χ2n) is 11.9. The van der Waals surface area contributed by atoms with Crippen LogP contribution in [0.25, 0.3) is 0 Å². The number of Topliss-reactive ketones (excluding diaryl/α,β-unsaturated/α-hetero) is 1. The number of rotatable bonds is 12. The van der Waals surface area contributed by atoms with Gasteiger partial charge in [0.1, 0.15) is 23.5 Å². The summed E-state index contributed by atoms with van der Waals surface area (Å²) in [7, 11) is 1.53. The molecule has 1 atom stereocenters. The Labute approximate surface area is 268 Å². The van der Waals surface area contributed by atoms with Gasteiger partial charge in [-0.2, -0.15) is 0 Å². The number of nitrogens with zero attached hydrogens (tertiary/aromatic N) is 2. The number of nitrogens with one attached hydrogen (secondary N) is 2. The Balaban J connectivity index is 0.00000529. The van der Waals surface area contributed by atoms with Gasteiger partial charge in [-0.25, -0.2) is 4.39 Å². The van der Waals surface area contributed by atoms with Crippen molar-refractivity contribution in [1.82, 2.24) is 10.2 Å². The first-order valence-electron chi connectivity index (χ1n) is 14.6. The molecule has 0 aliphatic carbocycles. The standard InChI is InChI=1S/C32H41FN4O6.BrH/c1-6-42-27-14-20-16-37(30(34)22(20)15-23(27)31(41)35-5)18-26(38)19-12-24(32(2,3)4)29(43-11-7-8-28(39)40)25(13-19)36-10-9-21(33)17-36;/h12-15,21,34H,6-11,16-18H2,1-5H3,(H,35,41)(H,39,40);1H. The van der Waals surface area contributed by atoms with E-state index in [4.69, 9.17) is 20.0 Å². The molecule has 2 aliphatic heterocycles. The second-order valence-corrected chi connectivity index (χ2v) is 11.9. The molecule has 10 nitrogen and oxygen atoms in total. The Morgan fingerprint density at radius 3 is 2.48 bits per heavy atom. The van der Waals surface area contributed by atoms with E-state index < -0.39 is 17.6 Å². The first kappa shape index (κ1) is 34.8. The molecule has 0 saturated carbocycles. The van der Waals surface area contributed by atoms with Crippen LogP contribution in [-0.2, 0) is 16.8 Å². The van der Waals surface area contributed by atoms with E-state index in [0.29, 0.717) is 66.4 Å². The first-order valence-corrected chi connectivity index (χ1v) is 14.6. The summed E-state index contributed by atoms with van der Waals surface area (Å²) < 4.78 is 26.2. The zero-order valence-corrected chi connectivity index (χ0v) is 27.6. The fraction of sp³-hybridized carbons (Fsp3) is 0.500. The van der Waals surface area contributed by atoms with Crippen molar-refractivity contribution in [2.75, 3.05) is 44.8 Å². The Bertz CT molecular complexity index is 1430. The lowest BCUT2D eigenvalue weighted by Crippen LogP contribution is -2.31. The summed E-state index contributed by atoms with van der Waals surface area (Å²) in [6, 6.07) is 6.92. The van der Waals surface area contributed by atoms with E-state index in [0.717, 1.165) is 11.1 Å². The van der Waals surface area contributed by atoms with E-state index >= 15 is 0 Å². The third-order valence-electron chi connectivity index (χ3n) is 7.70. The Kier molecular flexibility index (Phi) is 11.4. The number of carbonyl (C=O) groups is 3. The number of amides is 1. The summed E-state index contributed by atoms with van der Waals surface area (Å²) in [6.07, 6.45) is -0.350. The molecule has 2 aromatic carbocycles. The van der Waals surface area contributed by atoms with E-state index in [1.54, 1.807) is 29.2 Å². The number of carboxylic acids is 1. The van der Waals surface area contributed by atoms with Crippen LogP contribution in [0.2, 0.25) is 0 Å². The molecule has 1 fully saturated rings. The van der Waals surface area contributed by atoms with Crippen LogP contribution < -0.4 is 19.7 Å². The minimum absolute atomic E-state index is 0. The van der Waals surface area contributed by atoms with Crippen molar-refractivity contribution in [3.63, 3.8) is 0 Å². The molecule has 12 heteroatoms. The number of hydrogen-bond acceptors (Lipinski definition) is 7. The molecule has 44 heavy (non-hydrogen) atoms. The molecule has 2 aliphatic rings. The van der Waals surface area contributed by atoms with E-state index in [1.807, 2.05) is 32.6 Å². The van der Waals surface area contributed by atoms with E-state index in [9.17, 15) is 18.8 Å². The number of anilines is 1. The zero-order valence-electron chi connectivity index (χ0n) is 25.9. The quantitative estimate of drug-likeness (QED) is 0.208. The summed E-state index contributed by atoms with van der Waals surface area (Å²) in [4.78, 5) is 40.9. The highest BCUT2D eigenvalue weighted by atomic mass is 79.9. The molecule has 0 spiro atoms. The van der Waals surface area contributed by atoms with Crippen LogP contribution in [-0.4, -0.2) is 79.6 Å². The highest BCUT2D eigenvalue weighted by Gasteiger charge is 2.33. The van der Waals surface area contributed by atoms with Gasteiger partial charge in [0.25, 0.3) is 5.91 Å². The highest BCUT2D eigenvalue weighted by Crippen LogP contribution is 2.42. The third kappa shape index (κ3) is 7.69. The lowest BCUT2D eigenvalue weighted by atomic mass is 9.84. The number of aliphatic carboxylic acids is 1.